The Morgan fingerprint density at radius 2 is 2.12 bits per heavy atom. The first kappa shape index (κ1) is 11.1. The molecule has 0 aliphatic carbocycles. The lowest BCUT2D eigenvalue weighted by Crippen LogP contribution is -2.11. The standard InChI is InChI=1S/C12H12O3S/c1-2-16(14)8-10(13)12-7-9-5-3-4-6-11(9)15-12/h3-7H,2,8H2,1H3. The number of fused-ring (bicyclic) bond motifs is 1. The largest absolute Gasteiger partial charge is 0.453 e. The Morgan fingerprint density at radius 3 is 2.81 bits per heavy atom. The summed E-state index contributed by atoms with van der Waals surface area (Å²) < 4.78 is 16.7. The van der Waals surface area contributed by atoms with Gasteiger partial charge in [0.05, 0.1) is 5.75 Å². The van der Waals surface area contributed by atoms with Crippen LogP contribution in [0.15, 0.2) is 34.7 Å². The molecule has 1 heterocycles. The van der Waals surface area contributed by atoms with Crippen LogP contribution in [0, 0.1) is 0 Å². The van der Waals surface area contributed by atoms with Gasteiger partial charge < -0.3 is 4.42 Å². The summed E-state index contributed by atoms with van der Waals surface area (Å²) in [5, 5.41) is 0.896. The number of benzene rings is 1. The highest BCUT2D eigenvalue weighted by Gasteiger charge is 2.14. The van der Waals surface area contributed by atoms with Gasteiger partial charge in [0.25, 0.3) is 0 Å². The molecule has 0 bridgehead atoms. The number of furan rings is 1. The molecule has 4 heteroatoms. The Hall–Kier alpha value is -1.42. The van der Waals surface area contributed by atoms with Crippen molar-refractivity contribution in [1.29, 1.82) is 0 Å². The summed E-state index contributed by atoms with van der Waals surface area (Å²) in [5.41, 5.74) is 0.688. The second-order valence-electron chi connectivity index (χ2n) is 3.44. The lowest BCUT2D eigenvalue weighted by Gasteiger charge is -1.94. The van der Waals surface area contributed by atoms with Crippen molar-refractivity contribution in [3.63, 3.8) is 0 Å². The van der Waals surface area contributed by atoms with Crippen LogP contribution in [0.3, 0.4) is 0 Å². The molecule has 0 fully saturated rings. The van der Waals surface area contributed by atoms with Crippen LogP contribution in [0.5, 0.6) is 0 Å². The number of carbonyl (C=O) groups is 1. The van der Waals surface area contributed by atoms with E-state index in [1.54, 1.807) is 13.0 Å². The van der Waals surface area contributed by atoms with E-state index in [-0.39, 0.29) is 11.5 Å². The van der Waals surface area contributed by atoms with Crippen molar-refractivity contribution in [2.45, 2.75) is 6.92 Å². The van der Waals surface area contributed by atoms with Crippen molar-refractivity contribution in [3.8, 4) is 0 Å². The first-order valence-electron chi connectivity index (χ1n) is 5.07. The van der Waals surface area contributed by atoms with Gasteiger partial charge in [0.1, 0.15) is 5.58 Å². The van der Waals surface area contributed by atoms with Crippen LogP contribution in [-0.2, 0) is 10.8 Å². The predicted molar refractivity (Wildman–Crippen MR) is 64.1 cm³/mol. The number of ketones is 1. The molecule has 1 unspecified atom stereocenters. The number of rotatable bonds is 4. The minimum Gasteiger partial charge on any atom is -0.453 e. The normalized spacial score (nSPS) is 12.8. The molecule has 0 aliphatic rings. The second kappa shape index (κ2) is 4.61. The van der Waals surface area contributed by atoms with Crippen molar-refractivity contribution in [3.05, 3.63) is 36.1 Å². The highest BCUT2D eigenvalue weighted by molar-refractivity contribution is 7.85. The summed E-state index contributed by atoms with van der Waals surface area (Å²) in [7, 11) is -1.09. The van der Waals surface area contributed by atoms with Gasteiger partial charge >= 0.3 is 0 Å². The Morgan fingerprint density at radius 1 is 1.38 bits per heavy atom. The van der Waals surface area contributed by atoms with Crippen molar-refractivity contribution < 1.29 is 13.4 Å². The zero-order valence-corrected chi connectivity index (χ0v) is 9.75. The fourth-order valence-electron chi connectivity index (χ4n) is 1.44. The molecule has 3 nitrogen and oxygen atoms in total. The maximum absolute atomic E-state index is 11.7. The molecule has 0 aliphatic heterocycles. The molecule has 1 aromatic heterocycles. The van der Waals surface area contributed by atoms with E-state index in [0.717, 1.165) is 5.39 Å². The first-order chi connectivity index (χ1) is 7.70. The Balaban J connectivity index is 2.26. The van der Waals surface area contributed by atoms with Crippen LogP contribution in [0.1, 0.15) is 17.5 Å². The van der Waals surface area contributed by atoms with E-state index in [1.165, 1.54) is 0 Å². The molecular formula is C12H12O3S. The molecule has 0 saturated heterocycles. The van der Waals surface area contributed by atoms with Gasteiger partial charge in [0, 0.05) is 21.9 Å². The Bertz CT molecular complexity index is 509. The highest BCUT2D eigenvalue weighted by atomic mass is 32.2. The van der Waals surface area contributed by atoms with Gasteiger partial charge in [0.2, 0.25) is 5.78 Å². The summed E-state index contributed by atoms with van der Waals surface area (Å²) in [6, 6.07) is 9.13. The number of para-hydroxylation sites is 1. The van der Waals surface area contributed by atoms with Gasteiger partial charge in [0.15, 0.2) is 5.76 Å². The van der Waals surface area contributed by atoms with E-state index < -0.39 is 10.8 Å². The van der Waals surface area contributed by atoms with E-state index in [9.17, 15) is 9.00 Å². The molecule has 2 aromatic rings. The quantitative estimate of drug-likeness (QED) is 0.766. The molecule has 0 saturated carbocycles. The third kappa shape index (κ3) is 2.22. The highest BCUT2D eigenvalue weighted by Crippen LogP contribution is 2.19. The van der Waals surface area contributed by atoms with Crippen LogP contribution < -0.4 is 0 Å². The van der Waals surface area contributed by atoms with Gasteiger partial charge in [-0.2, -0.15) is 0 Å². The Kier molecular flexibility index (Phi) is 3.19. The molecule has 1 atom stereocenters. The minimum absolute atomic E-state index is 0.0380. The third-order valence-corrected chi connectivity index (χ3v) is 3.54. The van der Waals surface area contributed by atoms with Gasteiger partial charge in [-0.1, -0.05) is 25.1 Å². The van der Waals surface area contributed by atoms with Crippen molar-refractivity contribution in [2.75, 3.05) is 11.5 Å². The van der Waals surface area contributed by atoms with Gasteiger partial charge in [-0.15, -0.1) is 0 Å². The maximum Gasteiger partial charge on any atom is 0.210 e. The predicted octanol–water partition coefficient (Wildman–Crippen LogP) is 2.38. The summed E-state index contributed by atoms with van der Waals surface area (Å²) in [6.07, 6.45) is 0. The summed E-state index contributed by atoms with van der Waals surface area (Å²) in [4.78, 5) is 11.7. The minimum atomic E-state index is -1.09. The number of hydrogen-bond acceptors (Lipinski definition) is 3. The zero-order chi connectivity index (χ0) is 11.5. The third-order valence-electron chi connectivity index (χ3n) is 2.31. The summed E-state index contributed by atoms with van der Waals surface area (Å²) >= 11 is 0. The van der Waals surface area contributed by atoms with Crippen LogP contribution in [-0.4, -0.2) is 21.5 Å². The molecule has 0 radical (unpaired) electrons. The fraction of sp³-hybridized carbons (Fsp3) is 0.250. The molecular weight excluding hydrogens is 224 g/mol. The monoisotopic (exact) mass is 236 g/mol. The van der Waals surface area contributed by atoms with E-state index in [2.05, 4.69) is 0 Å². The fourth-order valence-corrected chi connectivity index (χ4v) is 2.08. The molecule has 16 heavy (non-hydrogen) atoms. The summed E-state index contributed by atoms with van der Waals surface area (Å²) in [6.45, 7) is 1.79. The Labute approximate surface area is 95.9 Å². The first-order valence-corrected chi connectivity index (χ1v) is 6.56. The van der Waals surface area contributed by atoms with E-state index in [4.69, 9.17) is 4.42 Å². The van der Waals surface area contributed by atoms with Crippen LogP contribution in [0.25, 0.3) is 11.0 Å². The van der Waals surface area contributed by atoms with E-state index in [0.29, 0.717) is 17.1 Å². The number of Topliss-reactive ketones (excluding diaryl/α,β-unsaturated/α-hetero) is 1. The number of carbonyl (C=O) groups excluding carboxylic acids is 1. The molecule has 0 amide bonds. The topological polar surface area (TPSA) is 47.3 Å². The second-order valence-corrected chi connectivity index (χ2v) is 5.19. The smallest absolute Gasteiger partial charge is 0.210 e. The number of hydrogen-bond donors (Lipinski definition) is 0. The molecule has 2 rings (SSSR count). The van der Waals surface area contributed by atoms with E-state index in [1.807, 2.05) is 24.3 Å². The lowest BCUT2D eigenvalue weighted by atomic mass is 10.2. The molecule has 0 spiro atoms. The SMILES string of the molecule is CCS(=O)CC(=O)c1cc2ccccc2o1. The van der Waals surface area contributed by atoms with Crippen molar-refractivity contribution in [1.82, 2.24) is 0 Å². The van der Waals surface area contributed by atoms with Crippen LogP contribution in [0.4, 0.5) is 0 Å². The van der Waals surface area contributed by atoms with Crippen molar-refractivity contribution in [2.24, 2.45) is 0 Å². The van der Waals surface area contributed by atoms with E-state index >= 15 is 0 Å². The average molecular weight is 236 g/mol. The average Bonchev–Trinajstić information content (AvgIpc) is 2.72. The molecule has 0 N–H and O–H groups in total. The van der Waals surface area contributed by atoms with Gasteiger partial charge in [-0.05, 0) is 12.1 Å². The van der Waals surface area contributed by atoms with Crippen LogP contribution in [0.2, 0.25) is 0 Å². The zero-order valence-electron chi connectivity index (χ0n) is 8.93. The van der Waals surface area contributed by atoms with Gasteiger partial charge in [-0.3, -0.25) is 9.00 Å². The van der Waals surface area contributed by atoms with Gasteiger partial charge in [-0.25, -0.2) is 0 Å². The van der Waals surface area contributed by atoms with Crippen molar-refractivity contribution >= 4 is 27.6 Å². The van der Waals surface area contributed by atoms with Crippen LogP contribution >= 0.6 is 0 Å². The summed E-state index contributed by atoms with van der Waals surface area (Å²) in [5.74, 6) is 0.627. The maximum atomic E-state index is 11.7. The molecule has 84 valence electrons. The molecule has 1 aromatic carbocycles. The lowest BCUT2D eigenvalue weighted by molar-refractivity contribution is 0.0993.